The van der Waals surface area contributed by atoms with Gasteiger partial charge in [-0.25, -0.2) is 0 Å². The van der Waals surface area contributed by atoms with Crippen LogP contribution in [-0.2, 0) is 4.74 Å². The summed E-state index contributed by atoms with van der Waals surface area (Å²) in [6.07, 6.45) is 1.02. The van der Waals surface area contributed by atoms with Crippen LogP contribution in [0.2, 0.25) is 5.02 Å². The second kappa shape index (κ2) is 6.17. The van der Waals surface area contributed by atoms with Gasteiger partial charge in [-0.2, -0.15) is 0 Å². The number of ether oxygens (including phenoxy) is 1. The molecule has 0 aromatic heterocycles. The van der Waals surface area contributed by atoms with Gasteiger partial charge in [-0.05, 0) is 18.6 Å². The van der Waals surface area contributed by atoms with Crippen LogP contribution >= 0.6 is 23.4 Å². The van der Waals surface area contributed by atoms with Gasteiger partial charge in [0.2, 0.25) is 0 Å². The summed E-state index contributed by atoms with van der Waals surface area (Å²) < 4.78 is 4.96. The second-order valence-electron chi connectivity index (χ2n) is 2.85. The molecule has 0 fully saturated rings. The number of nitrogen functional groups attached to an aromatic ring is 1. The van der Waals surface area contributed by atoms with Crippen molar-refractivity contribution in [3.05, 3.63) is 23.2 Å². The molecule has 0 amide bonds. The Balaban J connectivity index is 2.46. The average Bonchev–Trinajstić information content (AvgIpc) is 2.19. The number of halogens is 1. The molecule has 78 valence electrons. The average molecular weight is 232 g/mol. The van der Waals surface area contributed by atoms with Crippen molar-refractivity contribution in [1.82, 2.24) is 0 Å². The molecule has 14 heavy (non-hydrogen) atoms. The normalized spacial score (nSPS) is 10.4. The molecular formula is C10H14ClNOS. The van der Waals surface area contributed by atoms with Gasteiger partial charge >= 0.3 is 0 Å². The first kappa shape index (κ1) is 11.7. The quantitative estimate of drug-likeness (QED) is 0.481. The van der Waals surface area contributed by atoms with E-state index in [2.05, 4.69) is 0 Å². The van der Waals surface area contributed by atoms with E-state index in [1.807, 2.05) is 12.1 Å². The lowest BCUT2D eigenvalue weighted by Gasteiger charge is -2.06. The molecule has 0 saturated heterocycles. The molecule has 0 saturated carbocycles. The van der Waals surface area contributed by atoms with Crippen LogP contribution in [0.25, 0.3) is 0 Å². The van der Waals surface area contributed by atoms with E-state index >= 15 is 0 Å². The minimum absolute atomic E-state index is 0.627. The van der Waals surface area contributed by atoms with Gasteiger partial charge in [-0.3, -0.25) is 0 Å². The molecular weight excluding hydrogens is 218 g/mol. The van der Waals surface area contributed by atoms with Gasteiger partial charge < -0.3 is 10.5 Å². The molecule has 1 rings (SSSR count). The molecule has 2 N–H and O–H groups in total. The molecule has 2 nitrogen and oxygen atoms in total. The Hall–Kier alpha value is -0.380. The molecule has 0 aliphatic rings. The Morgan fingerprint density at radius 3 is 3.00 bits per heavy atom. The fraction of sp³-hybridized carbons (Fsp3) is 0.400. The van der Waals surface area contributed by atoms with Gasteiger partial charge in [0.05, 0.1) is 10.7 Å². The van der Waals surface area contributed by atoms with E-state index in [1.54, 1.807) is 24.9 Å². The van der Waals surface area contributed by atoms with E-state index in [9.17, 15) is 0 Å². The van der Waals surface area contributed by atoms with Gasteiger partial charge in [0.25, 0.3) is 0 Å². The van der Waals surface area contributed by atoms with Crippen molar-refractivity contribution in [2.75, 3.05) is 25.2 Å². The number of hydrogen-bond donors (Lipinski definition) is 1. The van der Waals surface area contributed by atoms with Crippen LogP contribution < -0.4 is 5.73 Å². The molecule has 4 heteroatoms. The van der Waals surface area contributed by atoms with Crippen LogP contribution in [-0.4, -0.2) is 19.5 Å². The first-order chi connectivity index (χ1) is 6.75. The van der Waals surface area contributed by atoms with Crippen molar-refractivity contribution in [2.24, 2.45) is 0 Å². The summed E-state index contributed by atoms with van der Waals surface area (Å²) in [7, 11) is 1.71. The lowest BCUT2D eigenvalue weighted by molar-refractivity contribution is 0.200. The smallest absolute Gasteiger partial charge is 0.0646 e. The standard InChI is InChI=1S/C10H14ClNOS/c1-13-6-3-7-14-9-5-2-4-8(11)10(9)12/h2,4-5H,3,6-7,12H2,1H3. The Labute approximate surface area is 93.8 Å². The maximum atomic E-state index is 5.89. The zero-order valence-electron chi connectivity index (χ0n) is 8.13. The minimum atomic E-state index is 0.627. The SMILES string of the molecule is COCCCSc1cccc(Cl)c1N. The molecule has 1 aromatic rings. The summed E-state index contributed by atoms with van der Waals surface area (Å²) in [5.41, 5.74) is 6.49. The first-order valence-corrected chi connectivity index (χ1v) is 5.77. The number of anilines is 1. The van der Waals surface area contributed by atoms with Gasteiger partial charge in [0, 0.05) is 24.4 Å². The Kier molecular flexibility index (Phi) is 5.15. The third-order valence-corrected chi connectivity index (χ3v) is 3.25. The predicted octanol–water partition coefficient (Wildman–Crippen LogP) is 3.05. The number of rotatable bonds is 5. The fourth-order valence-electron chi connectivity index (χ4n) is 1.03. The van der Waals surface area contributed by atoms with E-state index in [4.69, 9.17) is 22.1 Å². The second-order valence-corrected chi connectivity index (χ2v) is 4.39. The van der Waals surface area contributed by atoms with Crippen LogP contribution in [0, 0.1) is 0 Å². The van der Waals surface area contributed by atoms with Crippen molar-refractivity contribution < 1.29 is 4.74 Å². The van der Waals surface area contributed by atoms with Crippen molar-refractivity contribution in [3.63, 3.8) is 0 Å². The maximum absolute atomic E-state index is 5.89. The summed E-state index contributed by atoms with van der Waals surface area (Å²) in [5, 5.41) is 0.627. The predicted molar refractivity (Wildman–Crippen MR) is 63.1 cm³/mol. The summed E-state index contributed by atoms with van der Waals surface area (Å²) in [5.74, 6) is 0.998. The van der Waals surface area contributed by atoms with Gasteiger partial charge in [0.15, 0.2) is 0 Å². The van der Waals surface area contributed by atoms with Crippen LogP contribution in [0.4, 0.5) is 5.69 Å². The van der Waals surface area contributed by atoms with Gasteiger partial charge in [0.1, 0.15) is 0 Å². The summed E-state index contributed by atoms with van der Waals surface area (Å²) in [4.78, 5) is 1.05. The van der Waals surface area contributed by atoms with Crippen molar-refractivity contribution in [1.29, 1.82) is 0 Å². The van der Waals surface area contributed by atoms with E-state index in [-0.39, 0.29) is 0 Å². The van der Waals surface area contributed by atoms with E-state index in [1.165, 1.54) is 0 Å². The Morgan fingerprint density at radius 1 is 1.50 bits per heavy atom. The lowest BCUT2D eigenvalue weighted by atomic mass is 10.3. The number of thioether (sulfide) groups is 1. The summed E-state index contributed by atoms with van der Waals surface area (Å²) in [6, 6.07) is 5.70. The lowest BCUT2D eigenvalue weighted by Crippen LogP contribution is -1.93. The monoisotopic (exact) mass is 231 g/mol. The molecule has 1 aromatic carbocycles. The van der Waals surface area contributed by atoms with Gasteiger partial charge in [-0.15, -0.1) is 11.8 Å². The fourth-order valence-corrected chi connectivity index (χ4v) is 2.18. The Morgan fingerprint density at radius 2 is 2.29 bits per heavy atom. The van der Waals surface area contributed by atoms with E-state index in [0.717, 1.165) is 23.7 Å². The number of methoxy groups -OCH3 is 1. The molecule has 0 unspecified atom stereocenters. The van der Waals surface area contributed by atoms with Crippen molar-refractivity contribution >= 4 is 29.1 Å². The molecule has 0 radical (unpaired) electrons. The Bertz CT molecular complexity index is 293. The molecule has 0 heterocycles. The van der Waals surface area contributed by atoms with E-state index < -0.39 is 0 Å². The third kappa shape index (κ3) is 3.40. The highest BCUT2D eigenvalue weighted by Crippen LogP contribution is 2.30. The van der Waals surface area contributed by atoms with Crippen LogP contribution in [0.15, 0.2) is 23.1 Å². The topological polar surface area (TPSA) is 35.2 Å². The molecule has 0 aliphatic carbocycles. The molecule has 0 bridgehead atoms. The highest BCUT2D eigenvalue weighted by atomic mass is 35.5. The number of hydrogen-bond acceptors (Lipinski definition) is 3. The van der Waals surface area contributed by atoms with Crippen LogP contribution in [0.1, 0.15) is 6.42 Å². The van der Waals surface area contributed by atoms with Crippen LogP contribution in [0.5, 0.6) is 0 Å². The summed E-state index contributed by atoms with van der Waals surface area (Å²) in [6.45, 7) is 0.785. The molecule has 0 aliphatic heterocycles. The number of benzene rings is 1. The first-order valence-electron chi connectivity index (χ1n) is 4.41. The van der Waals surface area contributed by atoms with Crippen molar-refractivity contribution in [3.8, 4) is 0 Å². The van der Waals surface area contributed by atoms with Crippen LogP contribution in [0.3, 0.4) is 0 Å². The minimum Gasteiger partial charge on any atom is -0.397 e. The van der Waals surface area contributed by atoms with Crippen molar-refractivity contribution in [2.45, 2.75) is 11.3 Å². The third-order valence-electron chi connectivity index (χ3n) is 1.76. The highest BCUT2D eigenvalue weighted by molar-refractivity contribution is 7.99. The number of nitrogens with two attached hydrogens (primary N) is 1. The summed E-state index contributed by atoms with van der Waals surface area (Å²) >= 11 is 7.60. The zero-order chi connectivity index (χ0) is 10.4. The molecule has 0 spiro atoms. The molecule has 0 atom stereocenters. The zero-order valence-corrected chi connectivity index (χ0v) is 9.70. The highest BCUT2D eigenvalue weighted by Gasteiger charge is 2.02. The van der Waals surface area contributed by atoms with Gasteiger partial charge in [-0.1, -0.05) is 17.7 Å². The maximum Gasteiger partial charge on any atom is 0.0646 e. The van der Waals surface area contributed by atoms with E-state index in [0.29, 0.717) is 10.7 Å². The largest absolute Gasteiger partial charge is 0.397 e. The number of para-hydroxylation sites is 1.